The number of nitrogens with zero attached hydrogens (tertiary/aromatic N) is 3. The number of hydrogen-bond donors (Lipinski definition) is 3. The van der Waals surface area contributed by atoms with Gasteiger partial charge in [-0.2, -0.15) is 5.10 Å². The first kappa shape index (κ1) is 13.6. The van der Waals surface area contributed by atoms with E-state index in [-0.39, 0.29) is 21.9 Å². The minimum absolute atomic E-state index is 0.0912. The summed E-state index contributed by atoms with van der Waals surface area (Å²) in [4.78, 5) is 10.8. The van der Waals surface area contributed by atoms with Crippen molar-refractivity contribution in [3.05, 3.63) is 18.0 Å². The molecule has 0 aromatic carbocycles. The van der Waals surface area contributed by atoms with Crippen LogP contribution >= 0.6 is 11.3 Å². The zero-order chi connectivity index (χ0) is 13.9. The molecule has 102 valence electrons. The molecule has 2 aromatic rings. The zero-order valence-electron chi connectivity index (χ0n) is 9.74. The second-order valence-corrected chi connectivity index (χ2v) is 6.40. The molecule has 0 unspecified atom stereocenters. The van der Waals surface area contributed by atoms with Crippen molar-refractivity contribution in [3.63, 3.8) is 0 Å². The maximum absolute atomic E-state index is 11.9. The smallest absolute Gasteiger partial charge is 0.270 e. The van der Waals surface area contributed by atoms with Crippen LogP contribution < -0.4 is 10.0 Å². The summed E-state index contributed by atoms with van der Waals surface area (Å²) in [6.45, 7) is 1.39. The Kier molecular flexibility index (Phi) is 3.87. The van der Waals surface area contributed by atoms with Gasteiger partial charge in [0.1, 0.15) is 0 Å². The fourth-order valence-corrected chi connectivity index (χ4v) is 3.14. The zero-order valence-corrected chi connectivity index (χ0v) is 11.4. The van der Waals surface area contributed by atoms with Crippen molar-refractivity contribution in [1.29, 1.82) is 0 Å². The van der Waals surface area contributed by atoms with Gasteiger partial charge in [0.05, 0.1) is 6.20 Å². The minimum atomic E-state index is -3.75. The van der Waals surface area contributed by atoms with Crippen LogP contribution in [0.15, 0.2) is 16.7 Å². The second kappa shape index (κ2) is 5.42. The van der Waals surface area contributed by atoms with E-state index in [2.05, 4.69) is 30.4 Å². The summed E-state index contributed by atoms with van der Waals surface area (Å²) in [6.07, 6.45) is 3.08. The monoisotopic (exact) mass is 302 g/mol. The van der Waals surface area contributed by atoms with Gasteiger partial charge in [0.2, 0.25) is 15.4 Å². The first-order valence-corrected chi connectivity index (χ1v) is 7.36. The van der Waals surface area contributed by atoms with Crippen molar-refractivity contribution in [1.82, 2.24) is 25.1 Å². The first-order valence-electron chi connectivity index (χ1n) is 5.06. The van der Waals surface area contributed by atoms with Crippen molar-refractivity contribution < 1.29 is 13.2 Å². The molecular weight excluding hydrogens is 292 g/mol. The second-order valence-electron chi connectivity index (χ2n) is 3.49. The Hall–Kier alpha value is -1.85. The highest BCUT2D eigenvalue weighted by Gasteiger charge is 2.20. The summed E-state index contributed by atoms with van der Waals surface area (Å²) in [7, 11) is -3.75. The highest BCUT2D eigenvalue weighted by atomic mass is 32.2. The van der Waals surface area contributed by atoms with Crippen LogP contribution in [0.4, 0.5) is 5.13 Å². The van der Waals surface area contributed by atoms with E-state index in [0.29, 0.717) is 5.56 Å². The third kappa shape index (κ3) is 3.56. The average Bonchev–Trinajstić information content (AvgIpc) is 2.96. The van der Waals surface area contributed by atoms with Crippen LogP contribution in [-0.4, -0.2) is 34.7 Å². The van der Waals surface area contributed by atoms with Gasteiger partial charge < -0.3 is 5.32 Å². The van der Waals surface area contributed by atoms with E-state index in [4.69, 9.17) is 0 Å². The minimum Gasteiger partial charge on any atom is -0.301 e. The Balaban J connectivity index is 2.06. The van der Waals surface area contributed by atoms with Gasteiger partial charge in [0, 0.05) is 25.2 Å². The molecule has 0 aliphatic heterocycles. The number of carbonyl (C=O) groups is 1. The lowest BCUT2D eigenvalue weighted by Gasteiger charge is -2.00. The van der Waals surface area contributed by atoms with Crippen LogP contribution in [-0.2, 0) is 21.4 Å². The van der Waals surface area contributed by atoms with Crippen LogP contribution in [0.5, 0.6) is 0 Å². The van der Waals surface area contributed by atoms with Crippen molar-refractivity contribution in [2.45, 2.75) is 17.8 Å². The van der Waals surface area contributed by atoms with Gasteiger partial charge in [-0.05, 0) is 0 Å². The average molecular weight is 302 g/mol. The quantitative estimate of drug-likeness (QED) is 0.650. The van der Waals surface area contributed by atoms with Gasteiger partial charge >= 0.3 is 0 Å². The fourth-order valence-electron chi connectivity index (χ4n) is 1.13. The summed E-state index contributed by atoms with van der Waals surface area (Å²) in [5.41, 5.74) is 0.690. The number of H-pyrrole nitrogens is 1. The Morgan fingerprint density at radius 1 is 1.47 bits per heavy atom. The maximum atomic E-state index is 11.9. The van der Waals surface area contributed by atoms with E-state index in [9.17, 15) is 13.2 Å². The molecule has 9 nitrogen and oxygen atoms in total. The molecule has 0 spiro atoms. The molecule has 0 aliphatic rings. The van der Waals surface area contributed by atoms with E-state index in [0.717, 1.165) is 11.3 Å². The Bertz CT molecular complexity index is 662. The number of anilines is 1. The summed E-state index contributed by atoms with van der Waals surface area (Å²) >= 11 is 0.777. The van der Waals surface area contributed by atoms with E-state index >= 15 is 0 Å². The molecule has 0 saturated heterocycles. The maximum Gasteiger partial charge on any atom is 0.270 e. The van der Waals surface area contributed by atoms with Gasteiger partial charge in [0.25, 0.3) is 10.0 Å². The van der Waals surface area contributed by atoms with Gasteiger partial charge in [-0.1, -0.05) is 11.3 Å². The molecular formula is C8H10N6O3S2. The molecule has 2 aromatic heterocycles. The Morgan fingerprint density at radius 2 is 2.26 bits per heavy atom. The molecule has 0 radical (unpaired) electrons. The predicted molar refractivity (Wildman–Crippen MR) is 66.8 cm³/mol. The number of aromatic nitrogens is 4. The van der Waals surface area contributed by atoms with Crippen LogP contribution in [0.3, 0.4) is 0 Å². The first-order chi connectivity index (χ1) is 8.97. The number of aromatic amines is 1. The number of amides is 1. The van der Waals surface area contributed by atoms with Crippen molar-refractivity contribution >= 4 is 32.4 Å². The number of carbonyl (C=O) groups excluding carboxylic acids is 1. The third-order valence-electron chi connectivity index (χ3n) is 1.94. The molecule has 0 aliphatic carbocycles. The highest BCUT2D eigenvalue weighted by molar-refractivity contribution is 7.91. The van der Waals surface area contributed by atoms with Crippen molar-refractivity contribution in [2.75, 3.05) is 5.32 Å². The number of rotatable bonds is 5. The van der Waals surface area contributed by atoms with Gasteiger partial charge in [-0.3, -0.25) is 9.89 Å². The van der Waals surface area contributed by atoms with E-state index in [1.54, 1.807) is 6.20 Å². The molecule has 0 fully saturated rings. The molecule has 0 atom stereocenters. The summed E-state index contributed by atoms with van der Waals surface area (Å²) in [5, 5.41) is 15.9. The van der Waals surface area contributed by atoms with Crippen molar-refractivity contribution in [3.8, 4) is 0 Å². The van der Waals surface area contributed by atoms with Crippen molar-refractivity contribution in [2.24, 2.45) is 0 Å². The Morgan fingerprint density at radius 3 is 2.89 bits per heavy atom. The predicted octanol–water partition coefficient (Wildman–Crippen LogP) is -0.302. The summed E-state index contributed by atoms with van der Waals surface area (Å²) < 4.78 is 25.9. The number of sulfonamides is 1. The van der Waals surface area contributed by atoms with E-state index in [1.807, 2.05) is 0 Å². The van der Waals surface area contributed by atoms with E-state index < -0.39 is 10.0 Å². The largest absolute Gasteiger partial charge is 0.301 e. The molecule has 19 heavy (non-hydrogen) atoms. The topological polar surface area (TPSA) is 130 Å². The van der Waals surface area contributed by atoms with Crippen LogP contribution in [0.1, 0.15) is 12.5 Å². The SMILES string of the molecule is CC(=O)Nc1nnc(S(=O)(=O)NCc2cn[nH]c2)s1. The Labute approximate surface area is 112 Å². The highest BCUT2D eigenvalue weighted by Crippen LogP contribution is 2.19. The molecule has 11 heteroatoms. The molecule has 3 N–H and O–H groups in total. The van der Waals surface area contributed by atoms with Crippen LogP contribution in [0.25, 0.3) is 0 Å². The normalized spacial score (nSPS) is 11.4. The third-order valence-corrected chi connectivity index (χ3v) is 4.55. The fraction of sp³-hybridized carbons (Fsp3) is 0.250. The molecule has 1 amide bonds. The summed E-state index contributed by atoms with van der Waals surface area (Å²) in [5.74, 6) is -0.341. The molecule has 0 saturated carbocycles. The van der Waals surface area contributed by atoms with Gasteiger partial charge in [-0.15, -0.1) is 10.2 Å². The summed E-state index contributed by atoms with van der Waals surface area (Å²) in [6, 6.07) is 0. The number of nitrogens with one attached hydrogen (secondary N) is 3. The molecule has 2 heterocycles. The lowest BCUT2D eigenvalue weighted by Crippen LogP contribution is -2.22. The number of hydrogen-bond acceptors (Lipinski definition) is 7. The standard InChI is InChI=1S/C8H10N6O3S2/c1-5(15)12-7-13-14-8(18-7)19(16,17)11-4-6-2-9-10-3-6/h2-3,11H,4H2,1H3,(H,9,10)(H,12,13,15). The molecule has 0 bridgehead atoms. The van der Waals surface area contributed by atoms with Crippen LogP contribution in [0.2, 0.25) is 0 Å². The van der Waals surface area contributed by atoms with Crippen LogP contribution in [0, 0.1) is 0 Å². The van der Waals surface area contributed by atoms with Gasteiger partial charge in [0.15, 0.2) is 0 Å². The van der Waals surface area contributed by atoms with E-state index in [1.165, 1.54) is 13.1 Å². The lowest BCUT2D eigenvalue weighted by molar-refractivity contribution is -0.114. The van der Waals surface area contributed by atoms with Gasteiger partial charge in [-0.25, -0.2) is 13.1 Å². The lowest BCUT2D eigenvalue weighted by atomic mass is 10.4. The molecule has 2 rings (SSSR count).